The van der Waals surface area contributed by atoms with Crippen LogP contribution >= 0.6 is 0 Å². The predicted molar refractivity (Wildman–Crippen MR) is 25.6 cm³/mol. The van der Waals surface area contributed by atoms with Crippen molar-refractivity contribution < 1.29 is 19.5 Å². The van der Waals surface area contributed by atoms with E-state index in [9.17, 15) is 0 Å². The summed E-state index contributed by atoms with van der Waals surface area (Å²) in [5, 5.41) is 0. The number of hydrogen-bond donors (Lipinski definition) is 0. The average molecular weight is 224 g/mol. The predicted octanol–water partition coefficient (Wildman–Crippen LogP) is -2.75. The van der Waals surface area contributed by atoms with Crippen LogP contribution in [-0.2, 0) is 19.5 Å². The van der Waals surface area contributed by atoms with Gasteiger partial charge < -0.3 is 0 Å². The molecule has 0 heterocycles. The second-order valence-electron chi connectivity index (χ2n) is 0. The third-order valence-electron chi connectivity index (χ3n) is 0. The molecule has 0 unspecified atom stereocenters. The zero-order valence-electron chi connectivity index (χ0n) is 1.41. The molecule has 0 aliphatic rings. The maximum absolute atomic E-state index is 0. The molecule has 0 bridgehead atoms. The van der Waals surface area contributed by atoms with Gasteiger partial charge in [0.05, 0.1) is 0 Å². The molecule has 4 heteroatoms. The fourth-order valence-electron chi connectivity index (χ4n) is 0. The Hall–Kier alpha value is 2.55. The smallest absolute Gasteiger partial charge is 0 e. The van der Waals surface area contributed by atoms with Crippen LogP contribution in [0.3, 0.4) is 0 Å². The molecule has 0 amide bonds. The molecule has 0 aromatic carbocycles. The van der Waals surface area contributed by atoms with Gasteiger partial charge in [-0.05, 0) is 0 Å². The summed E-state index contributed by atoms with van der Waals surface area (Å²) in [5.41, 5.74) is 0. The normalized spacial score (nSPS) is 0. The third-order valence-corrected chi connectivity index (χ3v) is 0. The molecule has 2 radical (unpaired) electrons. The SMILES string of the molecule is [AlH3].[LiH].[SnH2].[Zn]. The Balaban J connectivity index is 0. The van der Waals surface area contributed by atoms with Gasteiger partial charge in [0.1, 0.15) is 0 Å². The molecule has 0 aromatic heterocycles. The van der Waals surface area contributed by atoms with Crippen LogP contribution in [0.25, 0.3) is 0 Å². The first-order valence-electron chi connectivity index (χ1n) is 0. The van der Waals surface area contributed by atoms with Crippen molar-refractivity contribution in [3.63, 3.8) is 0 Å². The Kier molecular flexibility index (Phi) is 137. The molecular weight excluding hydrogens is 218 g/mol. The van der Waals surface area contributed by atoms with Gasteiger partial charge in [-0.1, -0.05) is 0 Å². The van der Waals surface area contributed by atoms with E-state index in [0.717, 1.165) is 0 Å². The molecule has 0 aromatic rings. The van der Waals surface area contributed by atoms with Gasteiger partial charge in [-0.2, -0.15) is 0 Å². The summed E-state index contributed by atoms with van der Waals surface area (Å²) in [7, 11) is 0. The summed E-state index contributed by atoms with van der Waals surface area (Å²) in [5.74, 6) is 0. The van der Waals surface area contributed by atoms with Crippen molar-refractivity contribution in [2.45, 2.75) is 0 Å². The molecule has 0 aliphatic carbocycles. The molecule has 0 nitrogen and oxygen atoms in total. The Labute approximate surface area is 78.5 Å². The van der Waals surface area contributed by atoms with Crippen molar-refractivity contribution in [3.05, 3.63) is 0 Å². The van der Waals surface area contributed by atoms with Crippen LogP contribution < -0.4 is 0 Å². The van der Waals surface area contributed by atoms with Crippen LogP contribution in [0.4, 0.5) is 0 Å². The Morgan fingerprint density at radius 1 is 1.00 bits per heavy atom. The van der Waals surface area contributed by atoms with Gasteiger partial charge in [-0.15, -0.1) is 0 Å². The molecule has 0 saturated carbocycles. The summed E-state index contributed by atoms with van der Waals surface area (Å²) in [6.45, 7) is 0. The third kappa shape index (κ3) is 8.82. The molecule has 0 N–H and O–H groups in total. The summed E-state index contributed by atoms with van der Waals surface area (Å²) in [6.07, 6.45) is 0. The second-order valence-corrected chi connectivity index (χ2v) is 0. The van der Waals surface area contributed by atoms with Gasteiger partial charge >= 0.3 is 42.8 Å². The van der Waals surface area contributed by atoms with Crippen molar-refractivity contribution in [2.24, 2.45) is 0 Å². The van der Waals surface area contributed by atoms with Crippen molar-refractivity contribution in [1.29, 1.82) is 0 Å². The maximum Gasteiger partial charge on any atom is 0 e. The minimum absolute atomic E-state index is 0. The standard InChI is InChI=1S/Al.Li.Sn.Zn.6H. The van der Waals surface area contributed by atoms with Gasteiger partial charge in [0, 0.05) is 19.5 Å². The van der Waals surface area contributed by atoms with E-state index in [-0.39, 0.29) is 79.6 Å². The van der Waals surface area contributed by atoms with Gasteiger partial charge in [-0.3, -0.25) is 0 Å². The zero-order valence-corrected chi connectivity index (χ0v) is 8.42. The average Bonchev–Trinajstić information content (AvgIpc) is 0. The molecule has 0 rings (SSSR count). The summed E-state index contributed by atoms with van der Waals surface area (Å²) < 4.78 is 0. The monoisotopic (exact) mass is 224 g/mol. The quantitative estimate of drug-likeness (QED) is 0.391. The van der Waals surface area contributed by atoms with Crippen molar-refractivity contribution in [1.82, 2.24) is 0 Å². The topological polar surface area (TPSA) is 0 Å². The van der Waals surface area contributed by atoms with E-state index in [1.807, 2.05) is 0 Å². The summed E-state index contributed by atoms with van der Waals surface area (Å²) in [4.78, 5) is 0. The van der Waals surface area contributed by atoms with Crippen LogP contribution in [0.5, 0.6) is 0 Å². The van der Waals surface area contributed by atoms with Crippen molar-refractivity contribution >= 4 is 60.1 Å². The Morgan fingerprint density at radius 2 is 1.00 bits per heavy atom. The molecule has 0 saturated heterocycles. The number of hydrogen-bond acceptors (Lipinski definition) is 0. The first-order valence-corrected chi connectivity index (χ1v) is 0. The molecule has 16 valence electrons. The van der Waals surface area contributed by atoms with E-state index in [4.69, 9.17) is 0 Å². The van der Waals surface area contributed by atoms with Crippen molar-refractivity contribution in [2.75, 3.05) is 0 Å². The molecule has 0 atom stereocenters. The Morgan fingerprint density at radius 3 is 1.00 bits per heavy atom. The van der Waals surface area contributed by atoms with E-state index in [1.54, 1.807) is 0 Å². The van der Waals surface area contributed by atoms with Crippen LogP contribution in [-0.4, -0.2) is 60.1 Å². The van der Waals surface area contributed by atoms with Crippen LogP contribution in [0.2, 0.25) is 0 Å². The van der Waals surface area contributed by atoms with E-state index in [1.165, 1.54) is 0 Å². The Bertz CT molecular complexity index is 8.00. The summed E-state index contributed by atoms with van der Waals surface area (Å²) >= 11 is 0. The fourth-order valence-corrected chi connectivity index (χ4v) is 0. The summed E-state index contributed by atoms with van der Waals surface area (Å²) in [6, 6.07) is 0. The van der Waals surface area contributed by atoms with Crippen LogP contribution in [0, 0.1) is 0 Å². The van der Waals surface area contributed by atoms with E-state index >= 15 is 0 Å². The van der Waals surface area contributed by atoms with Gasteiger partial charge in [0.15, 0.2) is 17.4 Å². The van der Waals surface area contributed by atoms with Crippen molar-refractivity contribution in [3.8, 4) is 0 Å². The fraction of sp³-hybridized carbons (Fsp3) is 0. The first-order chi connectivity index (χ1) is 0. The minimum Gasteiger partial charge on any atom is 0 e. The first kappa shape index (κ1) is 31.0. The second kappa shape index (κ2) is 17.7. The molecule has 4 heavy (non-hydrogen) atoms. The van der Waals surface area contributed by atoms with E-state index in [0.29, 0.717) is 0 Å². The van der Waals surface area contributed by atoms with Crippen LogP contribution in [0.15, 0.2) is 0 Å². The van der Waals surface area contributed by atoms with E-state index in [2.05, 4.69) is 0 Å². The van der Waals surface area contributed by atoms with Gasteiger partial charge in [0.25, 0.3) is 0 Å². The van der Waals surface area contributed by atoms with Gasteiger partial charge in [-0.25, -0.2) is 0 Å². The molecule has 0 fully saturated rings. The molecule has 0 spiro atoms. The molecular formula is H6AlLiSnZn. The largest absolute Gasteiger partial charge is 0 e. The minimum atomic E-state index is 0. The van der Waals surface area contributed by atoms with E-state index < -0.39 is 0 Å². The number of rotatable bonds is 0. The maximum atomic E-state index is 0. The van der Waals surface area contributed by atoms with Gasteiger partial charge in [0.2, 0.25) is 0 Å². The zero-order chi connectivity index (χ0) is 0. The molecule has 0 aliphatic heterocycles. The van der Waals surface area contributed by atoms with Crippen LogP contribution in [0.1, 0.15) is 0 Å².